The number of esters is 2. The van der Waals surface area contributed by atoms with Crippen LogP contribution in [0.2, 0.25) is 0 Å². The maximum absolute atomic E-state index is 12.6. The van der Waals surface area contributed by atoms with Crippen LogP contribution in [0.1, 0.15) is 78.1 Å². The lowest BCUT2D eigenvalue weighted by Gasteiger charge is -2.60. The Bertz CT molecular complexity index is 522. The van der Waals surface area contributed by atoms with E-state index in [-0.39, 0.29) is 24.1 Å². The van der Waals surface area contributed by atoms with Crippen molar-refractivity contribution in [2.75, 3.05) is 6.61 Å². The van der Waals surface area contributed by atoms with Crippen LogP contribution in [-0.4, -0.2) is 24.1 Å². The van der Waals surface area contributed by atoms with Gasteiger partial charge in [-0.25, -0.2) is 4.79 Å². The third-order valence-corrected chi connectivity index (χ3v) is 6.85. The molecule has 4 fully saturated rings. The first-order chi connectivity index (χ1) is 12.4. The molecule has 0 aromatic rings. The second-order valence-electron chi connectivity index (χ2n) is 8.86. The molecule has 4 rings (SSSR count). The molecule has 146 valence electrons. The van der Waals surface area contributed by atoms with Crippen molar-refractivity contribution in [3.8, 4) is 0 Å². The molecule has 0 spiro atoms. The van der Waals surface area contributed by atoms with Crippen LogP contribution in [0.5, 0.6) is 0 Å². The molecule has 0 aromatic carbocycles. The average molecular weight is 363 g/mol. The third-order valence-electron chi connectivity index (χ3n) is 6.85. The van der Waals surface area contributed by atoms with Gasteiger partial charge in [-0.15, -0.1) is 0 Å². The first-order valence-corrected chi connectivity index (χ1v) is 10.5. The predicted molar refractivity (Wildman–Crippen MR) is 100 cm³/mol. The monoisotopic (exact) mass is 362 g/mol. The van der Waals surface area contributed by atoms with Crippen molar-refractivity contribution >= 4 is 11.9 Å². The summed E-state index contributed by atoms with van der Waals surface area (Å²) in [6.07, 6.45) is 10.5. The smallest absolute Gasteiger partial charge is 0.333 e. The molecular formula is C22H34O4. The topological polar surface area (TPSA) is 52.6 Å². The summed E-state index contributed by atoms with van der Waals surface area (Å²) < 4.78 is 11.4. The molecule has 0 atom stereocenters. The summed E-state index contributed by atoms with van der Waals surface area (Å²) in [4.78, 5) is 24.0. The molecule has 4 aliphatic carbocycles. The number of hydrogen-bond acceptors (Lipinski definition) is 4. The van der Waals surface area contributed by atoms with E-state index in [1.54, 1.807) is 6.92 Å². The fraction of sp³-hybridized carbons (Fsp3) is 0.818. The van der Waals surface area contributed by atoms with Gasteiger partial charge in [0.15, 0.2) is 0 Å². The Balaban J connectivity index is 1.56. The number of ether oxygens (including phenoxy) is 2. The number of rotatable bonds is 9. The Morgan fingerprint density at radius 2 is 1.65 bits per heavy atom. The zero-order valence-corrected chi connectivity index (χ0v) is 16.4. The summed E-state index contributed by atoms with van der Waals surface area (Å²) in [5.41, 5.74) is 0.175. The molecule has 26 heavy (non-hydrogen) atoms. The van der Waals surface area contributed by atoms with Crippen molar-refractivity contribution in [2.24, 2.45) is 23.7 Å². The van der Waals surface area contributed by atoms with Gasteiger partial charge in [-0.3, -0.25) is 4.79 Å². The Morgan fingerprint density at radius 1 is 1.04 bits per heavy atom. The molecule has 0 unspecified atom stereocenters. The van der Waals surface area contributed by atoms with Crippen LogP contribution in [0, 0.1) is 23.7 Å². The highest BCUT2D eigenvalue weighted by Gasteiger charge is 2.58. The standard InChI is InChI=1S/C22H34O4/c1-4-5-8-22(18-11-16-10-17(13-18)14-19(22)12-16)26-20(23)7-6-9-25-21(24)15(2)3/h16-19H,2,4-14H2,1,3H3. The van der Waals surface area contributed by atoms with Crippen LogP contribution in [-0.2, 0) is 19.1 Å². The SMILES string of the molecule is C=C(C)C(=O)OCCCC(=O)OC1(CCCC)C2CC3CC(C2)CC1C3. The largest absolute Gasteiger partial charge is 0.462 e. The summed E-state index contributed by atoms with van der Waals surface area (Å²) >= 11 is 0. The minimum atomic E-state index is -0.390. The van der Waals surface area contributed by atoms with Gasteiger partial charge >= 0.3 is 11.9 Å². The van der Waals surface area contributed by atoms with Gasteiger partial charge in [0.05, 0.1) is 6.61 Å². The normalized spacial score (nSPS) is 34.5. The van der Waals surface area contributed by atoms with E-state index in [4.69, 9.17) is 9.47 Å². The summed E-state index contributed by atoms with van der Waals surface area (Å²) in [6, 6.07) is 0. The van der Waals surface area contributed by atoms with E-state index in [2.05, 4.69) is 13.5 Å². The van der Waals surface area contributed by atoms with Crippen LogP contribution < -0.4 is 0 Å². The van der Waals surface area contributed by atoms with Gasteiger partial charge in [0.25, 0.3) is 0 Å². The summed E-state index contributed by atoms with van der Waals surface area (Å²) in [6.45, 7) is 7.64. The van der Waals surface area contributed by atoms with Crippen molar-refractivity contribution in [1.82, 2.24) is 0 Å². The molecule has 4 heteroatoms. The Hall–Kier alpha value is -1.32. The first-order valence-electron chi connectivity index (χ1n) is 10.5. The summed E-state index contributed by atoms with van der Waals surface area (Å²) in [5, 5.41) is 0. The van der Waals surface area contributed by atoms with Crippen molar-refractivity contribution in [2.45, 2.75) is 83.7 Å². The minimum absolute atomic E-state index is 0.111. The van der Waals surface area contributed by atoms with Gasteiger partial charge in [-0.2, -0.15) is 0 Å². The second-order valence-corrected chi connectivity index (χ2v) is 8.86. The van der Waals surface area contributed by atoms with Crippen molar-refractivity contribution in [1.29, 1.82) is 0 Å². The van der Waals surface area contributed by atoms with Crippen LogP contribution in [0.4, 0.5) is 0 Å². The quantitative estimate of drug-likeness (QED) is 0.335. The maximum atomic E-state index is 12.6. The van der Waals surface area contributed by atoms with Crippen molar-refractivity contribution in [3.05, 3.63) is 12.2 Å². The lowest BCUT2D eigenvalue weighted by Crippen LogP contribution is -2.59. The van der Waals surface area contributed by atoms with Gasteiger partial charge in [-0.05, 0) is 82.0 Å². The molecule has 0 N–H and O–H groups in total. The molecule has 0 saturated heterocycles. The van der Waals surface area contributed by atoms with E-state index in [1.165, 1.54) is 32.1 Å². The Morgan fingerprint density at radius 3 is 2.19 bits per heavy atom. The van der Waals surface area contributed by atoms with Crippen LogP contribution in [0.3, 0.4) is 0 Å². The molecule has 0 amide bonds. The third kappa shape index (κ3) is 3.99. The molecule has 4 aliphatic rings. The fourth-order valence-corrected chi connectivity index (χ4v) is 5.83. The van der Waals surface area contributed by atoms with Gasteiger partial charge in [0.1, 0.15) is 5.60 Å². The molecule has 0 aliphatic heterocycles. The van der Waals surface area contributed by atoms with E-state index in [1.807, 2.05) is 0 Å². The molecular weight excluding hydrogens is 328 g/mol. The number of unbranched alkanes of at least 4 members (excludes halogenated alkanes) is 1. The van der Waals surface area contributed by atoms with Gasteiger partial charge in [0.2, 0.25) is 0 Å². The molecule has 0 aromatic heterocycles. The fourth-order valence-electron chi connectivity index (χ4n) is 5.83. The van der Waals surface area contributed by atoms with E-state index in [0.29, 0.717) is 30.3 Å². The van der Waals surface area contributed by atoms with E-state index < -0.39 is 0 Å². The van der Waals surface area contributed by atoms with Gasteiger partial charge in [0, 0.05) is 12.0 Å². The zero-order chi connectivity index (χ0) is 18.7. The van der Waals surface area contributed by atoms with Gasteiger partial charge < -0.3 is 9.47 Å². The molecule has 4 nitrogen and oxygen atoms in total. The molecule has 4 bridgehead atoms. The second kappa shape index (κ2) is 8.14. The lowest BCUT2D eigenvalue weighted by molar-refractivity contribution is -0.212. The summed E-state index contributed by atoms with van der Waals surface area (Å²) in [5.74, 6) is 2.37. The zero-order valence-electron chi connectivity index (χ0n) is 16.4. The van der Waals surface area contributed by atoms with E-state index >= 15 is 0 Å². The minimum Gasteiger partial charge on any atom is -0.462 e. The number of carbonyl (C=O) groups is 2. The summed E-state index contributed by atoms with van der Waals surface area (Å²) in [7, 11) is 0. The highest BCUT2D eigenvalue weighted by molar-refractivity contribution is 5.86. The average Bonchev–Trinajstić information content (AvgIpc) is 2.60. The van der Waals surface area contributed by atoms with Crippen molar-refractivity contribution < 1.29 is 19.1 Å². The van der Waals surface area contributed by atoms with Crippen LogP contribution in [0.25, 0.3) is 0 Å². The maximum Gasteiger partial charge on any atom is 0.333 e. The number of hydrogen-bond donors (Lipinski definition) is 0. The Kier molecular flexibility index (Phi) is 6.09. The predicted octanol–water partition coefficient (Wildman–Crippen LogP) is 4.81. The van der Waals surface area contributed by atoms with E-state index in [0.717, 1.165) is 31.1 Å². The molecule has 0 radical (unpaired) electrons. The van der Waals surface area contributed by atoms with Crippen LogP contribution >= 0.6 is 0 Å². The highest BCUT2D eigenvalue weighted by Crippen LogP contribution is 2.61. The first kappa shape index (κ1) is 19.4. The number of carbonyl (C=O) groups excluding carboxylic acids is 2. The Labute approximate surface area is 157 Å². The van der Waals surface area contributed by atoms with Crippen molar-refractivity contribution in [3.63, 3.8) is 0 Å². The van der Waals surface area contributed by atoms with Crippen LogP contribution in [0.15, 0.2) is 12.2 Å². The molecule has 0 heterocycles. The van der Waals surface area contributed by atoms with E-state index in [9.17, 15) is 9.59 Å². The molecule has 4 saturated carbocycles. The highest BCUT2D eigenvalue weighted by atomic mass is 16.6. The van der Waals surface area contributed by atoms with Gasteiger partial charge in [-0.1, -0.05) is 19.9 Å². The lowest BCUT2D eigenvalue weighted by atomic mass is 9.49.